The summed E-state index contributed by atoms with van der Waals surface area (Å²) < 4.78 is 13.1. The molecule has 1 fully saturated rings. The lowest BCUT2D eigenvalue weighted by Crippen LogP contribution is -2.46. The number of hydrogen-bond acceptors (Lipinski definition) is 3. The highest BCUT2D eigenvalue weighted by Crippen LogP contribution is 2.30. The van der Waals surface area contributed by atoms with Crippen molar-refractivity contribution in [3.8, 4) is 11.5 Å². The Kier molecular flexibility index (Phi) is 10.0. The fraction of sp³-hybridized carbons (Fsp3) is 0.345. The number of benzene rings is 3. The second-order valence-electron chi connectivity index (χ2n) is 9.17. The molecule has 0 bridgehead atoms. The summed E-state index contributed by atoms with van der Waals surface area (Å²) in [4.78, 5) is 15.0. The Balaban J connectivity index is 1.30. The van der Waals surface area contributed by atoms with Crippen LogP contribution in [0.25, 0.3) is 0 Å². The van der Waals surface area contributed by atoms with Gasteiger partial charge in [-0.15, -0.1) is 0 Å². The van der Waals surface area contributed by atoms with Gasteiger partial charge in [-0.2, -0.15) is 0 Å². The molecule has 4 rings (SSSR count). The van der Waals surface area contributed by atoms with Crippen LogP contribution >= 0.6 is 39.1 Å². The standard InChI is InChI=1S/C29H31BrCl2N2O3/c1-2-27(25-8-4-6-10-28(25)37-19-21-7-3-5-9-26(21)30)33-29(35)34-13-11-20(12-14-34)18-36-24-16-22(31)15-23(32)17-24/h3-10,15-17,20,27H,2,11-14,18-19H2,1H3,(H,33,35). The molecule has 2 amide bonds. The summed E-state index contributed by atoms with van der Waals surface area (Å²) in [5.41, 5.74) is 2.05. The van der Waals surface area contributed by atoms with Gasteiger partial charge in [-0.1, -0.05) is 82.5 Å². The molecule has 0 spiro atoms. The van der Waals surface area contributed by atoms with Gasteiger partial charge in [0.25, 0.3) is 0 Å². The van der Waals surface area contributed by atoms with E-state index in [1.807, 2.05) is 53.4 Å². The summed E-state index contributed by atoms with van der Waals surface area (Å²) >= 11 is 15.7. The van der Waals surface area contributed by atoms with Crippen LogP contribution in [0.4, 0.5) is 4.79 Å². The van der Waals surface area contributed by atoms with Crippen molar-refractivity contribution >= 4 is 45.2 Å². The minimum absolute atomic E-state index is 0.0477. The molecule has 1 N–H and O–H groups in total. The molecule has 1 heterocycles. The van der Waals surface area contributed by atoms with Crippen LogP contribution in [-0.4, -0.2) is 30.6 Å². The van der Waals surface area contributed by atoms with Crippen molar-refractivity contribution in [1.82, 2.24) is 10.2 Å². The average Bonchev–Trinajstić information content (AvgIpc) is 2.90. The topological polar surface area (TPSA) is 50.8 Å². The van der Waals surface area contributed by atoms with Gasteiger partial charge in [0, 0.05) is 38.7 Å². The lowest BCUT2D eigenvalue weighted by molar-refractivity contribution is 0.143. The lowest BCUT2D eigenvalue weighted by atomic mass is 9.98. The molecule has 0 aromatic heterocycles. The highest BCUT2D eigenvalue weighted by molar-refractivity contribution is 9.10. The van der Waals surface area contributed by atoms with Gasteiger partial charge in [-0.05, 0) is 55.5 Å². The number of ether oxygens (including phenoxy) is 2. The zero-order valence-corrected chi connectivity index (χ0v) is 23.9. The smallest absolute Gasteiger partial charge is 0.317 e. The van der Waals surface area contributed by atoms with Gasteiger partial charge in [0.1, 0.15) is 18.1 Å². The third-order valence-electron chi connectivity index (χ3n) is 6.56. The van der Waals surface area contributed by atoms with E-state index in [1.165, 1.54) is 0 Å². The molecule has 5 nitrogen and oxygen atoms in total. The number of para-hydroxylation sites is 1. The van der Waals surface area contributed by atoms with Crippen molar-refractivity contribution in [3.63, 3.8) is 0 Å². The molecule has 1 aliphatic rings. The number of nitrogens with zero attached hydrogens (tertiary/aromatic N) is 1. The van der Waals surface area contributed by atoms with E-state index in [-0.39, 0.29) is 12.1 Å². The van der Waals surface area contributed by atoms with Gasteiger partial charge >= 0.3 is 6.03 Å². The first-order chi connectivity index (χ1) is 17.9. The number of halogens is 3. The van der Waals surface area contributed by atoms with Crippen LogP contribution < -0.4 is 14.8 Å². The van der Waals surface area contributed by atoms with Crippen LogP contribution in [0.5, 0.6) is 11.5 Å². The van der Waals surface area contributed by atoms with E-state index in [0.29, 0.717) is 48.0 Å². The van der Waals surface area contributed by atoms with Crippen molar-refractivity contribution in [3.05, 3.63) is 92.4 Å². The van der Waals surface area contributed by atoms with Gasteiger partial charge in [-0.25, -0.2) is 4.79 Å². The monoisotopic (exact) mass is 604 g/mol. The molecule has 1 atom stereocenters. The first-order valence-corrected chi connectivity index (χ1v) is 14.1. The molecule has 1 aliphatic heterocycles. The number of nitrogens with one attached hydrogen (secondary N) is 1. The van der Waals surface area contributed by atoms with E-state index < -0.39 is 0 Å². The Hall–Kier alpha value is -2.41. The fourth-order valence-corrected chi connectivity index (χ4v) is 5.34. The number of amides is 2. The van der Waals surface area contributed by atoms with Crippen molar-refractivity contribution in [2.75, 3.05) is 19.7 Å². The molecule has 0 aliphatic carbocycles. The highest BCUT2D eigenvalue weighted by atomic mass is 79.9. The average molecular weight is 606 g/mol. The molecule has 8 heteroatoms. The van der Waals surface area contributed by atoms with Crippen LogP contribution in [0, 0.1) is 5.92 Å². The normalized spacial score (nSPS) is 14.8. The fourth-order valence-electron chi connectivity index (χ4n) is 4.44. The van der Waals surface area contributed by atoms with Crippen molar-refractivity contribution in [2.24, 2.45) is 5.92 Å². The molecule has 0 saturated carbocycles. The number of urea groups is 1. The van der Waals surface area contributed by atoms with Gasteiger partial charge in [0.2, 0.25) is 0 Å². The Morgan fingerprint density at radius 2 is 1.70 bits per heavy atom. The summed E-state index contributed by atoms with van der Waals surface area (Å²) in [7, 11) is 0. The molecule has 1 unspecified atom stereocenters. The molecule has 0 radical (unpaired) electrons. The number of hydrogen-bond donors (Lipinski definition) is 1. The minimum Gasteiger partial charge on any atom is -0.493 e. The molecular weight excluding hydrogens is 575 g/mol. The van der Waals surface area contributed by atoms with E-state index in [0.717, 1.165) is 40.6 Å². The maximum atomic E-state index is 13.1. The number of piperidine rings is 1. The number of rotatable bonds is 9. The van der Waals surface area contributed by atoms with Gasteiger partial charge in [0.05, 0.1) is 12.6 Å². The van der Waals surface area contributed by atoms with Gasteiger partial charge < -0.3 is 19.7 Å². The van der Waals surface area contributed by atoms with Gasteiger partial charge in [-0.3, -0.25) is 0 Å². The lowest BCUT2D eigenvalue weighted by Gasteiger charge is -2.33. The number of likely N-dealkylation sites (tertiary alicyclic amines) is 1. The quantitative estimate of drug-likeness (QED) is 0.267. The van der Waals surface area contributed by atoms with E-state index in [9.17, 15) is 4.79 Å². The predicted octanol–water partition coefficient (Wildman–Crippen LogP) is 8.29. The van der Waals surface area contributed by atoms with Crippen LogP contribution in [0.15, 0.2) is 71.2 Å². The van der Waals surface area contributed by atoms with Crippen LogP contribution in [-0.2, 0) is 6.61 Å². The number of carbonyl (C=O) groups excluding carboxylic acids is 1. The minimum atomic E-state index is -0.142. The first-order valence-electron chi connectivity index (χ1n) is 12.5. The second-order valence-corrected chi connectivity index (χ2v) is 10.9. The largest absolute Gasteiger partial charge is 0.493 e. The third-order valence-corrected chi connectivity index (χ3v) is 7.77. The summed E-state index contributed by atoms with van der Waals surface area (Å²) in [5.74, 6) is 1.82. The van der Waals surface area contributed by atoms with E-state index >= 15 is 0 Å². The molecule has 37 heavy (non-hydrogen) atoms. The Morgan fingerprint density at radius 1 is 1.03 bits per heavy atom. The van der Waals surface area contributed by atoms with Gasteiger partial charge in [0.15, 0.2) is 0 Å². The Morgan fingerprint density at radius 3 is 2.41 bits per heavy atom. The maximum Gasteiger partial charge on any atom is 0.317 e. The molecule has 3 aromatic carbocycles. The Labute approximate surface area is 237 Å². The van der Waals surface area contributed by atoms with Crippen LogP contribution in [0.2, 0.25) is 10.0 Å². The summed E-state index contributed by atoms with van der Waals surface area (Å²) in [6.45, 7) is 4.46. The summed E-state index contributed by atoms with van der Waals surface area (Å²) in [6.07, 6.45) is 2.52. The van der Waals surface area contributed by atoms with E-state index in [2.05, 4.69) is 28.2 Å². The molecule has 3 aromatic rings. The second kappa shape index (κ2) is 13.4. The molecule has 196 valence electrons. The zero-order chi connectivity index (χ0) is 26.2. The van der Waals surface area contributed by atoms with Crippen molar-refractivity contribution in [2.45, 2.75) is 38.8 Å². The van der Waals surface area contributed by atoms with Crippen molar-refractivity contribution < 1.29 is 14.3 Å². The predicted molar refractivity (Wildman–Crippen MR) is 153 cm³/mol. The van der Waals surface area contributed by atoms with Crippen LogP contribution in [0.3, 0.4) is 0 Å². The van der Waals surface area contributed by atoms with Crippen LogP contribution in [0.1, 0.15) is 43.4 Å². The third kappa shape index (κ3) is 7.79. The maximum absolute atomic E-state index is 13.1. The van der Waals surface area contributed by atoms with Crippen molar-refractivity contribution in [1.29, 1.82) is 0 Å². The zero-order valence-electron chi connectivity index (χ0n) is 20.8. The summed E-state index contributed by atoms with van der Waals surface area (Å²) in [5, 5.41) is 4.33. The highest BCUT2D eigenvalue weighted by Gasteiger charge is 2.26. The number of carbonyl (C=O) groups is 1. The van der Waals surface area contributed by atoms with E-state index in [1.54, 1.807) is 18.2 Å². The Bertz CT molecular complexity index is 1180. The molecule has 1 saturated heterocycles. The molecular formula is C29H31BrCl2N2O3. The first kappa shape index (κ1) is 27.6. The summed E-state index contributed by atoms with van der Waals surface area (Å²) in [6, 6.07) is 20.9. The van der Waals surface area contributed by atoms with E-state index in [4.69, 9.17) is 32.7 Å². The SMILES string of the molecule is CCC(NC(=O)N1CCC(COc2cc(Cl)cc(Cl)c2)CC1)c1ccccc1OCc1ccccc1Br.